The van der Waals surface area contributed by atoms with Gasteiger partial charge in [0.1, 0.15) is 0 Å². The van der Waals surface area contributed by atoms with Crippen molar-refractivity contribution in [3.05, 3.63) is 0 Å². The minimum Gasteiger partial charge on any atom is -0.353 e. The van der Waals surface area contributed by atoms with E-state index in [1.807, 2.05) is 0 Å². The average Bonchev–Trinajstić information content (AvgIpc) is 3.01. The zero-order chi connectivity index (χ0) is 12.8. The van der Waals surface area contributed by atoms with Crippen molar-refractivity contribution in [2.24, 2.45) is 10.8 Å². The van der Waals surface area contributed by atoms with E-state index >= 15 is 0 Å². The first-order valence-corrected chi connectivity index (χ1v) is 8.29. The molecule has 2 unspecified atom stereocenters. The fraction of sp³-hybridized carbons (Fsp3) is 0.923. The molecule has 0 aliphatic heterocycles. The number of hydrogen-bond donors (Lipinski definition) is 3. The molecular weight excluding hydrogens is 244 g/mol. The van der Waals surface area contributed by atoms with E-state index < -0.39 is 0 Å². The van der Waals surface area contributed by atoms with Crippen molar-refractivity contribution >= 4 is 17.7 Å². The number of hydrogen-bond acceptors (Lipinski definition) is 3. The first kappa shape index (κ1) is 14.0. The molecule has 0 spiro atoms. The lowest BCUT2D eigenvalue weighted by molar-refractivity contribution is 0.604. The smallest absolute Gasteiger partial charge is 0.206 e. The van der Waals surface area contributed by atoms with E-state index in [-0.39, 0.29) is 0 Å². The van der Waals surface area contributed by atoms with Crippen LogP contribution in [0.25, 0.3) is 0 Å². The zero-order valence-electron chi connectivity index (χ0n) is 11.3. The molecule has 0 aromatic rings. The summed E-state index contributed by atoms with van der Waals surface area (Å²) in [5, 5.41) is 4.30. The number of thioether (sulfide) groups is 1. The van der Waals surface area contributed by atoms with Crippen LogP contribution in [0.5, 0.6) is 0 Å². The summed E-state index contributed by atoms with van der Waals surface area (Å²) < 4.78 is 0. The SMILES string of the molecule is CCSC1CCC(NC(=NC2CCCC2)NN)C1. The van der Waals surface area contributed by atoms with Crippen molar-refractivity contribution in [2.45, 2.75) is 69.2 Å². The maximum atomic E-state index is 5.57. The molecule has 0 bridgehead atoms. The molecule has 0 heterocycles. The summed E-state index contributed by atoms with van der Waals surface area (Å²) in [6.07, 6.45) is 8.84. The number of nitrogens with one attached hydrogen (secondary N) is 2. The highest BCUT2D eigenvalue weighted by molar-refractivity contribution is 7.99. The van der Waals surface area contributed by atoms with Crippen molar-refractivity contribution in [1.82, 2.24) is 10.7 Å². The molecule has 0 aromatic carbocycles. The number of guanidine groups is 1. The Morgan fingerprint density at radius 3 is 2.72 bits per heavy atom. The van der Waals surface area contributed by atoms with E-state index in [4.69, 9.17) is 10.8 Å². The van der Waals surface area contributed by atoms with E-state index in [9.17, 15) is 0 Å². The van der Waals surface area contributed by atoms with Gasteiger partial charge in [-0.15, -0.1) is 0 Å². The van der Waals surface area contributed by atoms with E-state index in [2.05, 4.69) is 29.4 Å². The van der Waals surface area contributed by atoms with Crippen LogP contribution < -0.4 is 16.6 Å². The predicted molar refractivity (Wildman–Crippen MR) is 79.7 cm³/mol. The molecule has 5 heteroatoms. The lowest BCUT2D eigenvalue weighted by atomic mass is 10.2. The zero-order valence-corrected chi connectivity index (χ0v) is 12.1. The van der Waals surface area contributed by atoms with Crippen LogP contribution in [0.4, 0.5) is 0 Å². The molecule has 2 atom stereocenters. The van der Waals surface area contributed by atoms with Gasteiger partial charge in [-0.05, 0) is 37.9 Å². The Balaban J connectivity index is 1.79. The topological polar surface area (TPSA) is 62.4 Å². The van der Waals surface area contributed by atoms with Crippen LogP contribution in [-0.2, 0) is 0 Å². The van der Waals surface area contributed by atoms with Gasteiger partial charge in [0.2, 0.25) is 5.96 Å². The summed E-state index contributed by atoms with van der Waals surface area (Å²) in [6, 6.07) is 1.02. The van der Waals surface area contributed by atoms with Gasteiger partial charge in [0, 0.05) is 11.3 Å². The monoisotopic (exact) mass is 270 g/mol. The van der Waals surface area contributed by atoms with Crippen LogP contribution in [0.2, 0.25) is 0 Å². The first-order valence-electron chi connectivity index (χ1n) is 7.24. The third-order valence-corrected chi connectivity index (χ3v) is 5.13. The molecule has 2 fully saturated rings. The number of aliphatic imine (C=N–C) groups is 1. The molecule has 0 aromatic heterocycles. The number of nitrogens with zero attached hydrogens (tertiary/aromatic N) is 1. The van der Waals surface area contributed by atoms with Crippen molar-refractivity contribution < 1.29 is 0 Å². The molecule has 0 radical (unpaired) electrons. The molecule has 2 aliphatic rings. The highest BCUT2D eigenvalue weighted by Gasteiger charge is 2.25. The van der Waals surface area contributed by atoms with Crippen LogP contribution in [0.15, 0.2) is 4.99 Å². The first-order chi connectivity index (χ1) is 8.81. The van der Waals surface area contributed by atoms with Gasteiger partial charge in [0.15, 0.2) is 0 Å². The fourth-order valence-electron chi connectivity index (χ4n) is 2.98. The lowest BCUT2D eigenvalue weighted by Gasteiger charge is -2.17. The predicted octanol–water partition coefficient (Wildman–Crippen LogP) is 2.01. The van der Waals surface area contributed by atoms with E-state index in [1.165, 1.54) is 50.7 Å². The Bertz CT molecular complexity index is 276. The highest BCUT2D eigenvalue weighted by atomic mass is 32.2. The van der Waals surface area contributed by atoms with Gasteiger partial charge in [-0.3, -0.25) is 5.43 Å². The summed E-state index contributed by atoms with van der Waals surface area (Å²) in [7, 11) is 0. The maximum Gasteiger partial charge on any atom is 0.206 e. The maximum absolute atomic E-state index is 5.57. The number of hydrazine groups is 1. The normalized spacial score (nSPS) is 29.8. The van der Waals surface area contributed by atoms with Crippen molar-refractivity contribution in [2.75, 3.05) is 5.75 Å². The molecular formula is C13H26N4S. The third kappa shape index (κ3) is 4.05. The van der Waals surface area contributed by atoms with Crippen LogP contribution in [0, 0.1) is 0 Å². The van der Waals surface area contributed by atoms with Crippen LogP contribution in [0.1, 0.15) is 51.9 Å². The quantitative estimate of drug-likeness (QED) is 0.316. The molecule has 0 saturated heterocycles. The second-order valence-corrected chi connectivity index (χ2v) is 6.87. The van der Waals surface area contributed by atoms with Crippen molar-refractivity contribution in [3.63, 3.8) is 0 Å². The minimum atomic E-state index is 0.478. The molecule has 18 heavy (non-hydrogen) atoms. The lowest BCUT2D eigenvalue weighted by Crippen LogP contribution is -2.46. The third-order valence-electron chi connectivity index (χ3n) is 3.90. The highest BCUT2D eigenvalue weighted by Crippen LogP contribution is 2.29. The van der Waals surface area contributed by atoms with Gasteiger partial charge >= 0.3 is 0 Å². The van der Waals surface area contributed by atoms with Crippen molar-refractivity contribution in [1.29, 1.82) is 0 Å². The molecule has 4 N–H and O–H groups in total. The number of nitrogens with two attached hydrogens (primary N) is 1. The second kappa shape index (κ2) is 7.24. The number of rotatable bonds is 4. The minimum absolute atomic E-state index is 0.478. The molecule has 2 aliphatic carbocycles. The summed E-state index contributed by atoms with van der Waals surface area (Å²) in [5.41, 5.74) is 2.73. The van der Waals surface area contributed by atoms with Crippen molar-refractivity contribution in [3.8, 4) is 0 Å². The Hall–Kier alpha value is -0.420. The summed E-state index contributed by atoms with van der Waals surface area (Å²) in [6.45, 7) is 2.24. The van der Waals surface area contributed by atoms with Gasteiger partial charge in [-0.2, -0.15) is 11.8 Å². The Morgan fingerprint density at radius 1 is 1.28 bits per heavy atom. The van der Waals surface area contributed by atoms with Gasteiger partial charge in [0.25, 0.3) is 0 Å². The average molecular weight is 270 g/mol. The van der Waals surface area contributed by atoms with Crippen LogP contribution >= 0.6 is 11.8 Å². The van der Waals surface area contributed by atoms with Gasteiger partial charge < -0.3 is 5.32 Å². The second-order valence-electron chi connectivity index (χ2n) is 5.29. The Labute approximate surface area is 115 Å². The molecule has 104 valence electrons. The molecule has 2 saturated carbocycles. The summed E-state index contributed by atoms with van der Waals surface area (Å²) >= 11 is 2.08. The van der Waals surface area contributed by atoms with E-state index in [1.54, 1.807) is 0 Å². The van der Waals surface area contributed by atoms with Gasteiger partial charge in [0.05, 0.1) is 6.04 Å². The molecule has 0 amide bonds. The largest absolute Gasteiger partial charge is 0.353 e. The Kier molecular flexibility index (Phi) is 5.63. The van der Waals surface area contributed by atoms with Crippen LogP contribution in [0.3, 0.4) is 0 Å². The van der Waals surface area contributed by atoms with E-state index in [0.29, 0.717) is 12.1 Å². The standard InChI is InChI=1S/C13H26N4S/c1-2-18-12-8-7-11(9-12)16-13(17-14)15-10-5-3-4-6-10/h10-12H,2-9,14H2,1H3,(H2,15,16,17). The summed E-state index contributed by atoms with van der Waals surface area (Å²) in [4.78, 5) is 4.69. The molecule has 4 nitrogen and oxygen atoms in total. The summed E-state index contributed by atoms with van der Waals surface area (Å²) in [5.74, 6) is 7.59. The van der Waals surface area contributed by atoms with E-state index in [0.717, 1.165) is 11.2 Å². The van der Waals surface area contributed by atoms with Gasteiger partial charge in [-0.25, -0.2) is 10.8 Å². The fourth-order valence-corrected chi connectivity index (χ4v) is 4.13. The molecule has 2 rings (SSSR count). The Morgan fingerprint density at radius 2 is 2.06 bits per heavy atom. The van der Waals surface area contributed by atoms with Gasteiger partial charge in [-0.1, -0.05) is 19.8 Å². The van der Waals surface area contributed by atoms with Crippen LogP contribution in [-0.4, -0.2) is 29.0 Å².